The summed E-state index contributed by atoms with van der Waals surface area (Å²) in [5.74, 6) is 0.674. The molecule has 6 nitrogen and oxygen atoms in total. The maximum absolute atomic E-state index is 11.0. The maximum Gasteiger partial charge on any atom is 0.223 e. The van der Waals surface area contributed by atoms with Gasteiger partial charge in [0.2, 0.25) is 11.0 Å². The van der Waals surface area contributed by atoms with Gasteiger partial charge in [-0.3, -0.25) is 4.79 Å². The zero-order valence-electron chi connectivity index (χ0n) is 13.6. The number of nitrogens with one attached hydrogen (secondary N) is 1. The van der Waals surface area contributed by atoms with Gasteiger partial charge < -0.3 is 9.88 Å². The molecule has 0 saturated heterocycles. The Morgan fingerprint density at radius 3 is 2.83 bits per heavy atom. The first-order valence-electron chi connectivity index (χ1n) is 7.35. The Labute approximate surface area is 148 Å². The zero-order chi connectivity index (χ0) is 17.1. The number of carbonyl (C=O) groups excluding carboxylic acids is 1. The zero-order valence-corrected chi connectivity index (χ0v) is 15.2. The molecular formula is C16H17N5OS2. The van der Waals surface area contributed by atoms with E-state index in [1.54, 1.807) is 11.8 Å². The molecule has 0 radical (unpaired) electrons. The van der Waals surface area contributed by atoms with Crippen molar-refractivity contribution in [3.63, 3.8) is 0 Å². The molecular weight excluding hydrogens is 342 g/mol. The van der Waals surface area contributed by atoms with Crippen LogP contribution in [0.15, 0.2) is 35.1 Å². The van der Waals surface area contributed by atoms with E-state index in [1.807, 2.05) is 24.0 Å². The number of aryl methyl sites for hydroxylation is 2. The quantitative estimate of drug-likeness (QED) is 0.557. The van der Waals surface area contributed by atoms with Crippen LogP contribution < -0.4 is 5.32 Å². The number of anilines is 1. The Kier molecular flexibility index (Phi) is 4.96. The Bertz CT molecular complexity index is 871. The summed E-state index contributed by atoms with van der Waals surface area (Å²) in [7, 11) is 0. The third-order valence-corrected chi connectivity index (χ3v) is 5.40. The molecule has 24 heavy (non-hydrogen) atoms. The van der Waals surface area contributed by atoms with Crippen molar-refractivity contribution >= 4 is 34.1 Å². The van der Waals surface area contributed by atoms with E-state index in [4.69, 9.17) is 0 Å². The van der Waals surface area contributed by atoms with E-state index in [9.17, 15) is 4.79 Å². The monoisotopic (exact) mass is 359 g/mol. The summed E-state index contributed by atoms with van der Waals surface area (Å²) in [6, 6.07) is 6.37. The van der Waals surface area contributed by atoms with Crippen molar-refractivity contribution in [3.8, 4) is 5.69 Å². The largest absolute Gasteiger partial charge is 0.306 e. The topological polar surface area (TPSA) is 72.7 Å². The first-order valence-corrected chi connectivity index (χ1v) is 9.16. The van der Waals surface area contributed by atoms with Crippen molar-refractivity contribution in [3.05, 3.63) is 47.5 Å². The summed E-state index contributed by atoms with van der Waals surface area (Å²) >= 11 is 3.00. The van der Waals surface area contributed by atoms with Crippen molar-refractivity contribution in [1.82, 2.24) is 19.7 Å². The first kappa shape index (κ1) is 16.7. The number of hydrogen-bond donors (Lipinski definition) is 1. The van der Waals surface area contributed by atoms with Gasteiger partial charge in [0.05, 0.1) is 12.0 Å². The summed E-state index contributed by atoms with van der Waals surface area (Å²) in [5.41, 5.74) is 4.57. The molecule has 2 heterocycles. The fourth-order valence-corrected chi connectivity index (χ4v) is 4.05. The number of nitrogens with zero attached hydrogens (tertiary/aromatic N) is 4. The summed E-state index contributed by atoms with van der Waals surface area (Å²) in [5, 5.41) is 11.2. The Morgan fingerprint density at radius 1 is 1.33 bits per heavy atom. The van der Waals surface area contributed by atoms with E-state index in [0.29, 0.717) is 5.13 Å². The Balaban J connectivity index is 1.67. The molecule has 0 bridgehead atoms. The van der Waals surface area contributed by atoms with Crippen LogP contribution in [0.2, 0.25) is 0 Å². The van der Waals surface area contributed by atoms with E-state index >= 15 is 0 Å². The molecule has 0 aliphatic heterocycles. The second-order valence-corrected chi connectivity index (χ2v) is 7.58. The number of imidazole rings is 1. The Hall–Kier alpha value is -2.19. The number of hydrogen-bond acceptors (Lipinski definition) is 6. The fourth-order valence-electron chi connectivity index (χ4n) is 2.17. The van der Waals surface area contributed by atoms with E-state index in [2.05, 4.69) is 45.6 Å². The van der Waals surface area contributed by atoms with E-state index in [0.717, 1.165) is 21.5 Å². The number of aromatic nitrogens is 4. The molecule has 0 aliphatic rings. The minimum Gasteiger partial charge on any atom is -0.306 e. The van der Waals surface area contributed by atoms with Crippen LogP contribution in [0.4, 0.5) is 5.13 Å². The average molecular weight is 359 g/mol. The molecule has 3 rings (SSSR count). The highest BCUT2D eigenvalue weighted by atomic mass is 32.2. The minimum absolute atomic E-state index is 0.135. The van der Waals surface area contributed by atoms with Gasteiger partial charge in [-0.15, -0.1) is 10.2 Å². The molecule has 0 fully saturated rings. The molecule has 3 aromatic rings. The summed E-state index contributed by atoms with van der Waals surface area (Å²) < 4.78 is 2.86. The van der Waals surface area contributed by atoms with Crippen LogP contribution >= 0.6 is 23.1 Å². The molecule has 1 aromatic carbocycles. The van der Waals surface area contributed by atoms with Crippen molar-refractivity contribution in [2.24, 2.45) is 0 Å². The maximum atomic E-state index is 11.0. The second kappa shape index (κ2) is 7.14. The Morgan fingerprint density at radius 2 is 2.17 bits per heavy atom. The van der Waals surface area contributed by atoms with Crippen molar-refractivity contribution < 1.29 is 4.79 Å². The molecule has 0 atom stereocenters. The molecule has 0 spiro atoms. The van der Waals surface area contributed by atoms with E-state index in [1.165, 1.54) is 29.4 Å². The van der Waals surface area contributed by atoms with Gasteiger partial charge >= 0.3 is 0 Å². The molecule has 1 N–H and O–H groups in total. The van der Waals surface area contributed by atoms with Gasteiger partial charge in [-0.2, -0.15) is 0 Å². The highest BCUT2D eigenvalue weighted by Gasteiger charge is 2.08. The SMILES string of the molecule is CC(=O)Nc1nnc(SCc2ccc(-n3cnc(C)c3)cc2C)s1. The average Bonchev–Trinajstić information content (AvgIpc) is 3.14. The van der Waals surface area contributed by atoms with Crippen LogP contribution in [0, 0.1) is 13.8 Å². The van der Waals surface area contributed by atoms with Gasteiger partial charge in [0.15, 0.2) is 4.34 Å². The first-order chi connectivity index (χ1) is 11.5. The normalized spacial score (nSPS) is 10.8. The lowest BCUT2D eigenvalue weighted by atomic mass is 10.1. The van der Waals surface area contributed by atoms with Crippen LogP contribution in [0.25, 0.3) is 5.69 Å². The molecule has 8 heteroatoms. The van der Waals surface area contributed by atoms with Gasteiger partial charge in [0.25, 0.3) is 0 Å². The summed E-state index contributed by atoms with van der Waals surface area (Å²) in [6.07, 6.45) is 3.83. The van der Waals surface area contributed by atoms with Gasteiger partial charge in [-0.05, 0) is 37.1 Å². The van der Waals surface area contributed by atoms with E-state index in [-0.39, 0.29) is 5.91 Å². The fraction of sp³-hybridized carbons (Fsp3) is 0.250. The summed E-state index contributed by atoms with van der Waals surface area (Å²) in [4.78, 5) is 15.3. The number of amides is 1. The van der Waals surface area contributed by atoms with Crippen LogP contribution in [-0.2, 0) is 10.5 Å². The molecule has 0 saturated carbocycles. The molecule has 124 valence electrons. The molecule has 1 amide bonds. The van der Waals surface area contributed by atoms with Gasteiger partial charge in [0, 0.05) is 24.6 Å². The third-order valence-electron chi connectivity index (χ3n) is 3.38. The standard InChI is InChI=1S/C16H17N5OS2/c1-10-6-14(21-7-11(2)17-9-21)5-4-13(10)8-23-16-20-19-15(24-16)18-12(3)22/h4-7,9H,8H2,1-3H3,(H,18,19,22). The lowest BCUT2D eigenvalue weighted by Crippen LogP contribution is -2.04. The van der Waals surface area contributed by atoms with Crippen molar-refractivity contribution in [2.45, 2.75) is 30.9 Å². The second-order valence-electron chi connectivity index (χ2n) is 5.38. The smallest absolute Gasteiger partial charge is 0.223 e. The van der Waals surface area contributed by atoms with Crippen molar-refractivity contribution in [2.75, 3.05) is 5.32 Å². The molecule has 0 unspecified atom stereocenters. The highest BCUT2D eigenvalue weighted by Crippen LogP contribution is 2.29. The van der Waals surface area contributed by atoms with Crippen LogP contribution in [-0.4, -0.2) is 25.7 Å². The predicted octanol–water partition coefficient (Wildman–Crippen LogP) is 3.59. The van der Waals surface area contributed by atoms with Crippen LogP contribution in [0.3, 0.4) is 0 Å². The number of benzene rings is 1. The van der Waals surface area contributed by atoms with Crippen LogP contribution in [0.1, 0.15) is 23.7 Å². The third kappa shape index (κ3) is 4.01. The predicted molar refractivity (Wildman–Crippen MR) is 96.8 cm³/mol. The van der Waals surface area contributed by atoms with E-state index < -0.39 is 0 Å². The van der Waals surface area contributed by atoms with Crippen molar-refractivity contribution in [1.29, 1.82) is 0 Å². The number of rotatable bonds is 5. The van der Waals surface area contributed by atoms with Crippen LogP contribution in [0.5, 0.6) is 0 Å². The number of carbonyl (C=O) groups is 1. The molecule has 2 aromatic heterocycles. The highest BCUT2D eigenvalue weighted by molar-refractivity contribution is 8.00. The number of thioether (sulfide) groups is 1. The summed E-state index contributed by atoms with van der Waals surface area (Å²) in [6.45, 7) is 5.54. The molecule has 0 aliphatic carbocycles. The lowest BCUT2D eigenvalue weighted by molar-refractivity contribution is -0.114. The minimum atomic E-state index is -0.135. The lowest BCUT2D eigenvalue weighted by Gasteiger charge is -2.08. The van der Waals surface area contributed by atoms with Gasteiger partial charge in [-0.25, -0.2) is 4.98 Å². The van der Waals surface area contributed by atoms with Gasteiger partial charge in [-0.1, -0.05) is 29.2 Å². The van der Waals surface area contributed by atoms with Gasteiger partial charge in [0.1, 0.15) is 0 Å².